The predicted molar refractivity (Wildman–Crippen MR) is 77.5 cm³/mol. The van der Waals surface area contributed by atoms with Gasteiger partial charge in [0.15, 0.2) is 0 Å². The first-order chi connectivity index (χ1) is 10.8. The maximum Gasteiger partial charge on any atom is 0.390 e. The van der Waals surface area contributed by atoms with Crippen molar-refractivity contribution in [3.63, 3.8) is 0 Å². The zero-order valence-corrected chi connectivity index (χ0v) is 12.2. The third kappa shape index (κ3) is 4.41. The highest BCUT2D eigenvalue weighted by Crippen LogP contribution is 2.19. The lowest BCUT2D eigenvalue weighted by atomic mass is 10.3. The molecule has 0 fully saturated rings. The molecule has 0 saturated carbocycles. The van der Waals surface area contributed by atoms with Crippen molar-refractivity contribution in [2.45, 2.75) is 12.6 Å². The number of hydrogen-bond acceptors (Lipinski definition) is 3. The van der Waals surface area contributed by atoms with Crippen LogP contribution in [0.2, 0.25) is 0 Å². The minimum atomic E-state index is -4.34. The van der Waals surface area contributed by atoms with Crippen LogP contribution in [0.1, 0.15) is 16.9 Å². The fourth-order valence-electron chi connectivity index (χ4n) is 1.87. The minimum Gasteiger partial charge on any atom is -0.340 e. The molecule has 0 aliphatic carbocycles. The van der Waals surface area contributed by atoms with E-state index in [1.807, 2.05) is 0 Å². The first kappa shape index (κ1) is 16.7. The number of nitrogens with zero attached hydrogens (tertiary/aromatic N) is 3. The number of para-hydroxylation sites is 1. The molecular formula is C15H14F3N3O2. The third-order valence-electron chi connectivity index (χ3n) is 3.10. The summed E-state index contributed by atoms with van der Waals surface area (Å²) in [5.41, 5.74) is -0.0751. The van der Waals surface area contributed by atoms with Gasteiger partial charge in [-0.15, -0.1) is 0 Å². The summed E-state index contributed by atoms with van der Waals surface area (Å²) in [4.78, 5) is 24.9. The molecule has 0 N–H and O–H groups in total. The van der Waals surface area contributed by atoms with Crippen molar-refractivity contribution in [2.75, 3.05) is 13.6 Å². The highest BCUT2D eigenvalue weighted by atomic mass is 19.4. The topological polar surface area (TPSA) is 55.2 Å². The van der Waals surface area contributed by atoms with Crippen LogP contribution in [-0.2, 0) is 0 Å². The lowest BCUT2D eigenvalue weighted by Crippen LogP contribution is -2.33. The number of benzene rings is 1. The lowest BCUT2D eigenvalue weighted by molar-refractivity contribution is -0.136. The summed E-state index contributed by atoms with van der Waals surface area (Å²) in [6.07, 6.45) is -5.45. The Hall–Kier alpha value is -2.64. The summed E-state index contributed by atoms with van der Waals surface area (Å²) in [6.45, 7) is -0.478. The Morgan fingerprint density at radius 1 is 1.17 bits per heavy atom. The maximum absolute atomic E-state index is 12.2. The number of hydrogen-bond donors (Lipinski definition) is 0. The van der Waals surface area contributed by atoms with Gasteiger partial charge in [0.1, 0.15) is 5.69 Å². The van der Waals surface area contributed by atoms with Gasteiger partial charge in [0.2, 0.25) is 0 Å². The van der Waals surface area contributed by atoms with Gasteiger partial charge in [-0.25, -0.2) is 0 Å². The molecule has 0 aliphatic rings. The highest BCUT2D eigenvalue weighted by Gasteiger charge is 2.28. The van der Waals surface area contributed by atoms with E-state index in [1.165, 1.54) is 13.1 Å². The number of rotatable bonds is 4. The summed E-state index contributed by atoms with van der Waals surface area (Å²) in [5, 5.41) is 3.94. The van der Waals surface area contributed by atoms with Crippen LogP contribution in [0.5, 0.6) is 0 Å². The summed E-state index contributed by atoms with van der Waals surface area (Å²) in [7, 11) is 1.26. The smallest absolute Gasteiger partial charge is 0.340 e. The Morgan fingerprint density at radius 3 is 2.43 bits per heavy atom. The van der Waals surface area contributed by atoms with E-state index in [9.17, 15) is 22.8 Å². The lowest BCUT2D eigenvalue weighted by Gasteiger charge is -2.18. The standard InChI is InChI=1S/C15H14F3N3O2/c1-20(10-9-15(16,17)18)14(23)12-7-8-13(22)21(19-12)11-5-3-2-4-6-11/h2-8H,9-10H2,1H3. The molecule has 1 heterocycles. The van der Waals surface area contributed by atoms with Crippen LogP contribution < -0.4 is 5.56 Å². The molecule has 0 unspecified atom stereocenters. The molecule has 0 bridgehead atoms. The molecule has 1 amide bonds. The van der Waals surface area contributed by atoms with E-state index in [-0.39, 0.29) is 5.69 Å². The predicted octanol–water partition coefficient (Wildman–Crippen LogP) is 2.26. The number of alkyl halides is 3. The van der Waals surface area contributed by atoms with Crippen molar-refractivity contribution < 1.29 is 18.0 Å². The molecular weight excluding hydrogens is 311 g/mol. The van der Waals surface area contributed by atoms with E-state index in [1.54, 1.807) is 30.3 Å². The van der Waals surface area contributed by atoms with Crippen molar-refractivity contribution in [2.24, 2.45) is 0 Å². The Balaban J connectivity index is 2.24. The van der Waals surface area contributed by atoms with Gasteiger partial charge in [0.25, 0.3) is 11.5 Å². The van der Waals surface area contributed by atoms with E-state index >= 15 is 0 Å². The molecule has 1 aromatic heterocycles. The highest BCUT2D eigenvalue weighted by molar-refractivity contribution is 5.91. The molecule has 0 atom stereocenters. The van der Waals surface area contributed by atoms with Gasteiger partial charge in [-0.2, -0.15) is 23.0 Å². The average Bonchev–Trinajstić information content (AvgIpc) is 2.52. The van der Waals surface area contributed by atoms with Gasteiger partial charge in [-0.05, 0) is 18.2 Å². The fraction of sp³-hybridized carbons (Fsp3) is 0.267. The molecule has 2 aromatic rings. The van der Waals surface area contributed by atoms with Gasteiger partial charge in [0, 0.05) is 19.7 Å². The second kappa shape index (κ2) is 6.64. The number of carbonyl (C=O) groups is 1. The zero-order valence-electron chi connectivity index (χ0n) is 12.2. The first-order valence-electron chi connectivity index (χ1n) is 6.76. The second-order valence-corrected chi connectivity index (χ2v) is 4.90. The molecule has 0 spiro atoms. The quantitative estimate of drug-likeness (QED) is 0.866. The summed E-state index contributed by atoms with van der Waals surface area (Å²) >= 11 is 0. The van der Waals surface area contributed by atoms with Crippen molar-refractivity contribution in [1.29, 1.82) is 0 Å². The van der Waals surface area contributed by atoms with Crippen LogP contribution in [-0.4, -0.2) is 40.4 Å². The summed E-state index contributed by atoms with van der Waals surface area (Å²) in [5.74, 6) is -0.682. The van der Waals surface area contributed by atoms with Crippen molar-refractivity contribution in [3.8, 4) is 5.69 Å². The second-order valence-electron chi connectivity index (χ2n) is 4.90. The number of halogens is 3. The van der Waals surface area contributed by atoms with E-state index in [0.717, 1.165) is 15.6 Å². The largest absolute Gasteiger partial charge is 0.390 e. The van der Waals surface area contributed by atoms with E-state index in [0.29, 0.717) is 5.69 Å². The van der Waals surface area contributed by atoms with Crippen molar-refractivity contribution in [1.82, 2.24) is 14.7 Å². The van der Waals surface area contributed by atoms with E-state index in [2.05, 4.69) is 5.10 Å². The van der Waals surface area contributed by atoms with Crippen LogP contribution >= 0.6 is 0 Å². The van der Waals surface area contributed by atoms with Crippen molar-refractivity contribution >= 4 is 5.91 Å². The number of amides is 1. The molecule has 5 nitrogen and oxygen atoms in total. The molecule has 23 heavy (non-hydrogen) atoms. The molecule has 8 heteroatoms. The number of carbonyl (C=O) groups excluding carboxylic acids is 1. The van der Waals surface area contributed by atoms with Gasteiger partial charge in [-0.1, -0.05) is 18.2 Å². The Morgan fingerprint density at radius 2 is 1.83 bits per heavy atom. The van der Waals surface area contributed by atoms with Gasteiger partial charge >= 0.3 is 6.18 Å². The normalized spacial score (nSPS) is 11.3. The zero-order chi connectivity index (χ0) is 17.0. The summed E-state index contributed by atoms with van der Waals surface area (Å²) in [6, 6.07) is 10.8. The SMILES string of the molecule is CN(CCC(F)(F)F)C(=O)c1ccc(=O)n(-c2ccccc2)n1. The van der Waals surface area contributed by atoms with Gasteiger partial charge in [-0.3, -0.25) is 9.59 Å². The van der Waals surface area contributed by atoms with E-state index in [4.69, 9.17) is 0 Å². The van der Waals surface area contributed by atoms with Crippen LogP contribution in [0, 0.1) is 0 Å². The minimum absolute atomic E-state index is 0.0990. The van der Waals surface area contributed by atoms with Gasteiger partial charge < -0.3 is 4.90 Å². The molecule has 1 aromatic carbocycles. The van der Waals surface area contributed by atoms with E-state index < -0.39 is 30.6 Å². The Labute approximate surface area is 130 Å². The third-order valence-corrected chi connectivity index (χ3v) is 3.10. The fourth-order valence-corrected chi connectivity index (χ4v) is 1.87. The van der Waals surface area contributed by atoms with Crippen molar-refractivity contribution in [3.05, 3.63) is 58.5 Å². The first-order valence-corrected chi connectivity index (χ1v) is 6.76. The van der Waals surface area contributed by atoms with Crippen LogP contribution in [0.4, 0.5) is 13.2 Å². The molecule has 0 radical (unpaired) electrons. The molecule has 2 rings (SSSR count). The molecule has 0 saturated heterocycles. The Bertz CT molecular complexity index is 742. The van der Waals surface area contributed by atoms with Gasteiger partial charge in [0.05, 0.1) is 12.1 Å². The Kier molecular flexibility index (Phi) is 4.83. The van der Waals surface area contributed by atoms with Crippen LogP contribution in [0.15, 0.2) is 47.3 Å². The summed E-state index contributed by atoms with van der Waals surface area (Å²) < 4.78 is 37.7. The number of aromatic nitrogens is 2. The molecule has 122 valence electrons. The monoisotopic (exact) mass is 325 g/mol. The molecule has 0 aliphatic heterocycles. The average molecular weight is 325 g/mol. The maximum atomic E-state index is 12.2. The van der Waals surface area contributed by atoms with Crippen LogP contribution in [0.25, 0.3) is 5.69 Å². The van der Waals surface area contributed by atoms with Crippen LogP contribution in [0.3, 0.4) is 0 Å².